The van der Waals surface area contributed by atoms with Crippen molar-refractivity contribution in [1.82, 2.24) is 0 Å². The van der Waals surface area contributed by atoms with Gasteiger partial charge in [0.2, 0.25) is 0 Å². The Morgan fingerprint density at radius 2 is 0.587 bits per heavy atom. The zero-order chi connectivity index (χ0) is 32.2. The van der Waals surface area contributed by atoms with Crippen LogP contribution in [0.25, 0.3) is 33.4 Å². The molecule has 0 aliphatic rings. The Morgan fingerprint density at radius 3 is 0.826 bits per heavy atom. The third-order valence-electron chi connectivity index (χ3n) is 7.76. The third-order valence-corrected chi connectivity index (χ3v) is 7.76. The number of anilines is 3. The largest absolute Gasteiger partial charge is 0.478 e. The highest BCUT2D eigenvalue weighted by Gasteiger charge is 2.23. The van der Waals surface area contributed by atoms with Gasteiger partial charge in [-0.3, -0.25) is 0 Å². The Balaban J connectivity index is 1.61. The summed E-state index contributed by atoms with van der Waals surface area (Å²) in [5, 5.41) is 28.5. The van der Waals surface area contributed by atoms with Crippen LogP contribution < -0.4 is 4.90 Å². The van der Waals surface area contributed by atoms with Crippen molar-refractivity contribution in [2.45, 2.75) is 0 Å². The molecule has 0 aliphatic heterocycles. The summed E-state index contributed by atoms with van der Waals surface area (Å²) in [6.07, 6.45) is 0. The van der Waals surface area contributed by atoms with E-state index < -0.39 is 17.9 Å². The van der Waals surface area contributed by atoms with Gasteiger partial charge >= 0.3 is 17.9 Å². The van der Waals surface area contributed by atoms with Crippen molar-refractivity contribution in [1.29, 1.82) is 0 Å². The topological polar surface area (TPSA) is 115 Å². The summed E-state index contributed by atoms with van der Waals surface area (Å²) in [5.41, 5.74) is 8.01. The van der Waals surface area contributed by atoms with Crippen LogP contribution in [0.15, 0.2) is 146 Å². The molecule has 6 aromatic carbocycles. The third kappa shape index (κ3) is 5.85. The minimum atomic E-state index is -1.01. The molecule has 0 radical (unpaired) electrons. The first-order chi connectivity index (χ1) is 22.3. The Hall–Kier alpha value is -6.47. The Kier molecular flexibility index (Phi) is 8.13. The fraction of sp³-hybridized carbons (Fsp3) is 0. The standard InChI is InChI=1S/C39H27NO6/c41-37(42)28-19-13-25(14-20-28)31-7-1-4-10-34(31)40(35-11-5-2-8-32(35)26-15-21-29(22-16-26)38(43)44)36-12-6-3-9-33(36)27-17-23-30(24-18-27)39(45)46/h1-24H,(H,41,42)(H,43,44)(H,45,46). The number of hydrogen-bond acceptors (Lipinski definition) is 4. The van der Waals surface area contributed by atoms with Gasteiger partial charge in [-0.15, -0.1) is 0 Å². The van der Waals surface area contributed by atoms with Gasteiger partial charge in [-0.25, -0.2) is 14.4 Å². The summed E-state index contributed by atoms with van der Waals surface area (Å²) in [4.78, 5) is 36.9. The van der Waals surface area contributed by atoms with Crippen LogP contribution in [0, 0.1) is 0 Å². The summed E-state index contributed by atoms with van der Waals surface area (Å²) >= 11 is 0. The summed E-state index contributed by atoms with van der Waals surface area (Å²) in [5.74, 6) is -3.02. The van der Waals surface area contributed by atoms with Crippen molar-refractivity contribution >= 4 is 35.0 Å². The predicted octanol–water partition coefficient (Wildman–Crippen LogP) is 9.25. The molecule has 0 amide bonds. The molecule has 0 saturated carbocycles. The summed E-state index contributed by atoms with van der Waals surface area (Å²) in [6.45, 7) is 0. The van der Waals surface area contributed by atoms with E-state index in [9.17, 15) is 29.7 Å². The minimum Gasteiger partial charge on any atom is -0.478 e. The molecule has 0 aromatic heterocycles. The number of carboxylic acids is 3. The maximum absolute atomic E-state index is 11.6. The van der Waals surface area contributed by atoms with Crippen molar-refractivity contribution in [3.63, 3.8) is 0 Å². The van der Waals surface area contributed by atoms with Crippen LogP contribution >= 0.6 is 0 Å². The molecule has 224 valence electrons. The second kappa shape index (κ2) is 12.6. The lowest BCUT2D eigenvalue weighted by atomic mass is 9.95. The van der Waals surface area contributed by atoms with Crippen molar-refractivity contribution in [3.8, 4) is 33.4 Å². The fourth-order valence-corrected chi connectivity index (χ4v) is 5.50. The first-order valence-electron chi connectivity index (χ1n) is 14.4. The lowest BCUT2D eigenvalue weighted by molar-refractivity contribution is 0.0686. The lowest BCUT2D eigenvalue weighted by Crippen LogP contribution is -2.13. The van der Waals surface area contributed by atoms with Crippen LogP contribution in [-0.4, -0.2) is 33.2 Å². The van der Waals surface area contributed by atoms with Gasteiger partial charge in [0.05, 0.1) is 33.8 Å². The van der Waals surface area contributed by atoms with Crippen LogP contribution in [0.5, 0.6) is 0 Å². The minimum absolute atomic E-state index is 0.184. The van der Waals surface area contributed by atoms with E-state index in [1.165, 1.54) is 0 Å². The molecule has 7 nitrogen and oxygen atoms in total. The number of aromatic carboxylic acids is 3. The van der Waals surface area contributed by atoms with Gasteiger partial charge in [0.25, 0.3) is 0 Å². The maximum atomic E-state index is 11.6. The quantitative estimate of drug-likeness (QED) is 0.150. The van der Waals surface area contributed by atoms with Gasteiger partial charge < -0.3 is 20.2 Å². The second-order valence-corrected chi connectivity index (χ2v) is 10.5. The van der Waals surface area contributed by atoms with Crippen molar-refractivity contribution in [2.75, 3.05) is 4.90 Å². The molecule has 0 bridgehead atoms. The molecule has 0 saturated heterocycles. The maximum Gasteiger partial charge on any atom is 0.335 e. The van der Waals surface area contributed by atoms with Crippen molar-refractivity contribution in [2.24, 2.45) is 0 Å². The molecule has 3 N–H and O–H groups in total. The van der Waals surface area contributed by atoms with Gasteiger partial charge in [-0.1, -0.05) is 91.0 Å². The highest BCUT2D eigenvalue weighted by Crippen LogP contribution is 2.47. The Morgan fingerprint density at radius 1 is 0.348 bits per heavy atom. The van der Waals surface area contributed by atoms with Gasteiger partial charge in [0.15, 0.2) is 0 Å². The van der Waals surface area contributed by atoms with Gasteiger partial charge in [-0.2, -0.15) is 0 Å². The normalized spacial score (nSPS) is 10.7. The molecule has 7 heteroatoms. The number of rotatable bonds is 9. The van der Waals surface area contributed by atoms with Gasteiger partial charge in [0, 0.05) is 16.7 Å². The predicted molar refractivity (Wildman–Crippen MR) is 178 cm³/mol. The Bertz CT molecular complexity index is 1830. The van der Waals surface area contributed by atoms with Crippen LogP contribution in [0.1, 0.15) is 31.1 Å². The van der Waals surface area contributed by atoms with E-state index in [1.807, 2.05) is 72.8 Å². The summed E-state index contributed by atoms with van der Waals surface area (Å²) < 4.78 is 0. The van der Waals surface area contributed by atoms with Gasteiger partial charge in [0.1, 0.15) is 0 Å². The first-order valence-corrected chi connectivity index (χ1v) is 14.4. The van der Waals surface area contributed by atoms with Crippen LogP contribution in [0.4, 0.5) is 17.1 Å². The molecular weight excluding hydrogens is 578 g/mol. The van der Waals surface area contributed by atoms with E-state index in [2.05, 4.69) is 4.90 Å². The molecule has 6 rings (SSSR count). The second-order valence-electron chi connectivity index (χ2n) is 10.5. The van der Waals surface area contributed by atoms with E-state index in [4.69, 9.17) is 0 Å². The number of carbonyl (C=O) groups is 3. The highest BCUT2D eigenvalue weighted by atomic mass is 16.4. The van der Waals surface area contributed by atoms with E-state index >= 15 is 0 Å². The average molecular weight is 606 g/mol. The van der Waals surface area contributed by atoms with Crippen molar-refractivity contribution in [3.05, 3.63) is 162 Å². The molecule has 0 fully saturated rings. The fourth-order valence-electron chi connectivity index (χ4n) is 5.50. The molecular formula is C39H27NO6. The van der Waals surface area contributed by atoms with Crippen LogP contribution in [0.3, 0.4) is 0 Å². The summed E-state index contributed by atoms with van der Waals surface area (Å²) in [7, 11) is 0. The van der Waals surface area contributed by atoms with E-state index in [1.54, 1.807) is 72.8 Å². The zero-order valence-corrected chi connectivity index (χ0v) is 24.4. The molecule has 0 spiro atoms. The van der Waals surface area contributed by atoms with E-state index in [-0.39, 0.29) is 16.7 Å². The smallest absolute Gasteiger partial charge is 0.335 e. The average Bonchev–Trinajstić information content (AvgIpc) is 3.09. The van der Waals surface area contributed by atoms with E-state index in [0.717, 1.165) is 50.4 Å². The zero-order valence-electron chi connectivity index (χ0n) is 24.4. The molecule has 6 aromatic rings. The molecule has 0 heterocycles. The number of carboxylic acid groups (broad SMARTS) is 3. The molecule has 46 heavy (non-hydrogen) atoms. The van der Waals surface area contributed by atoms with Gasteiger partial charge in [-0.05, 0) is 71.3 Å². The number of para-hydroxylation sites is 3. The SMILES string of the molecule is O=C(O)c1ccc(-c2ccccc2N(c2ccccc2-c2ccc(C(=O)O)cc2)c2ccccc2-c2ccc(C(=O)O)cc2)cc1. The molecule has 0 aliphatic carbocycles. The Labute approximate surface area is 264 Å². The van der Waals surface area contributed by atoms with Crippen molar-refractivity contribution < 1.29 is 29.7 Å². The molecule has 0 unspecified atom stereocenters. The lowest BCUT2D eigenvalue weighted by Gasteiger charge is -2.31. The summed E-state index contributed by atoms with van der Waals surface area (Å²) in [6, 6.07) is 43.7. The van der Waals surface area contributed by atoms with E-state index in [0.29, 0.717) is 0 Å². The van der Waals surface area contributed by atoms with Crippen LogP contribution in [-0.2, 0) is 0 Å². The number of nitrogens with zero attached hydrogens (tertiary/aromatic N) is 1. The van der Waals surface area contributed by atoms with Crippen LogP contribution in [0.2, 0.25) is 0 Å². The monoisotopic (exact) mass is 605 g/mol. The highest BCUT2D eigenvalue weighted by molar-refractivity contribution is 5.98. The molecule has 0 atom stereocenters. The number of hydrogen-bond donors (Lipinski definition) is 3. The first kappa shape index (κ1) is 29.6. The number of benzene rings is 6.